The summed E-state index contributed by atoms with van der Waals surface area (Å²) in [5, 5.41) is 17.0. The fourth-order valence-corrected chi connectivity index (χ4v) is 1.75. The molecule has 0 unspecified atom stereocenters. The van der Waals surface area contributed by atoms with Crippen LogP contribution in [0.4, 0.5) is 5.95 Å². The van der Waals surface area contributed by atoms with E-state index in [2.05, 4.69) is 25.9 Å². The summed E-state index contributed by atoms with van der Waals surface area (Å²) in [6.45, 7) is 0. The molecule has 0 aliphatic heterocycles. The normalized spacial score (nSPS) is 9.93. The Bertz CT molecular complexity index is 452. The fraction of sp³-hybridized carbons (Fsp3) is 0.143. The maximum atomic E-state index is 11.7. The zero-order valence-electron chi connectivity index (χ0n) is 7.72. The first-order chi connectivity index (χ1) is 7.31. The Morgan fingerprint density at radius 1 is 1.67 bits per heavy atom. The number of carbonyl (C=O) groups excluding carboxylic acids is 1. The second kappa shape index (κ2) is 4.05. The highest BCUT2D eigenvalue weighted by molar-refractivity contribution is 7.12. The molecule has 2 heterocycles. The van der Waals surface area contributed by atoms with E-state index in [4.69, 9.17) is 4.74 Å². The minimum atomic E-state index is -0.316. The lowest BCUT2D eigenvalue weighted by molar-refractivity contribution is 0.102. The van der Waals surface area contributed by atoms with Crippen LogP contribution in [0.5, 0.6) is 5.75 Å². The predicted octanol–water partition coefficient (Wildman–Crippen LogP) is 0.522. The number of aromatic nitrogens is 4. The quantitative estimate of drug-likeness (QED) is 0.794. The van der Waals surface area contributed by atoms with Crippen LogP contribution in [0.15, 0.2) is 11.4 Å². The molecule has 8 heteroatoms. The smallest absolute Gasteiger partial charge is 0.271 e. The van der Waals surface area contributed by atoms with Gasteiger partial charge in [-0.05, 0) is 16.7 Å². The standard InChI is InChI=1S/C7H7N5O2S/c1-14-4-2-3-15-5(4)6(13)8-7-9-11-12-10-7/h2-3H,1H3,(H2,8,9,10,11,12,13). The van der Waals surface area contributed by atoms with Gasteiger partial charge in [-0.1, -0.05) is 5.10 Å². The Balaban J connectivity index is 2.15. The third-order valence-electron chi connectivity index (χ3n) is 1.63. The number of hydrogen-bond acceptors (Lipinski definition) is 6. The Morgan fingerprint density at radius 2 is 2.53 bits per heavy atom. The predicted molar refractivity (Wildman–Crippen MR) is 53.0 cm³/mol. The highest BCUT2D eigenvalue weighted by Crippen LogP contribution is 2.24. The minimum absolute atomic E-state index is 0.135. The molecule has 78 valence electrons. The summed E-state index contributed by atoms with van der Waals surface area (Å²) in [7, 11) is 1.51. The van der Waals surface area contributed by atoms with Gasteiger partial charge >= 0.3 is 0 Å². The van der Waals surface area contributed by atoms with Gasteiger partial charge in [0.15, 0.2) is 0 Å². The number of anilines is 1. The number of H-pyrrole nitrogens is 1. The van der Waals surface area contributed by atoms with E-state index in [1.807, 2.05) is 0 Å². The lowest BCUT2D eigenvalue weighted by atomic mass is 10.4. The summed E-state index contributed by atoms with van der Waals surface area (Å²) in [5.41, 5.74) is 0. The van der Waals surface area contributed by atoms with Gasteiger partial charge in [0, 0.05) is 0 Å². The zero-order chi connectivity index (χ0) is 10.7. The third-order valence-corrected chi connectivity index (χ3v) is 2.52. The first-order valence-electron chi connectivity index (χ1n) is 3.97. The van der Waals surface area contributed by atoms with Gasteiger partial charge in [-0.3, -0.25) is 10.1 Å². The van der Waals surface area contributed by atoms with Gasteiger partial charge < -0.3 is 4.74 Å². The van der Waals surface area contributed by atoms with E-state index in [9.17, 15) is 4.79 Å². The molecule has 0 fully saturated rings. The molecule has 0 aliphatic carbocycles. The van der Waals surface area contributed by atoms with E-state index >= 15 is 0 Å². The van der Waals surface area contributed by atoms with Crippen molar-refractivity contribution in [1.29, 1.82) is 0 Å². The van der Waals surface area contributed by atoms with E-state index < -0.39 is 0 Å². The van der Waals surface area contributed by atoms with Gasteiger partial charge in [-0.15, -0.1) is 16.4 Å². The van der Waals surface area contributed by atoms with Crippen LogP contribution in [0.25, 0.3) is 0 Å². The summed E-state index contributed by atoms with van der Waals surface area (Å²) in [6.07, 6.45) is 0. The van der Waals surface area contributed by atoms with Crippen LogP contribution in [0, 0.1) is 0 Å². The van der Waals surface area contributed by atoms with Crippen LogP contribution in [-0.2, 0) is 0 Å². The van der Waals surface area contributed by atoms with Crippen molar-refractivity contribution in [3.63, 3.8) is 0 Å². The molecule has 0 saturated carbocycles. The molecule has 0 radical (unpaired) electrons. The lowest BCUT2D eigenvalue weighted by Gasteiger charge is -2.00. The van der Waals surface area contributed by atoms with Crippen LogP contribution in [-0.4, -0.2) is 33.6 Å². The van der Waals surface area contributed by atoms with Crippen LogP contribution >= 0.6 is 11.3 Å². The van der Waals surface area contributed by atoms with Gasteiger partial charge in [-0.25, -0.2) is 0 Å². The zero-order valence-corrected chi connectivity index (χ0v) is 8.54. The Morgan fingerprint density at radius 3 is 3.20 bits per heavy atom. The number of ether oxygens (including phenoxy) is 1. The second-order valence-electron chi connectivity index (χ2n) is 2.51. The van der Waals surface area contributed by atoms with Crippen molar-refractivity contribution in [2.75, 3.05) is 12.4 Å². The van der Waals surface area contributed by atoms with Crippen LogP contribution < -0.4 is 10.1 Å². The number of hydrogen-bond donors (Lipinski definition) is 2. The molecule has 15 heavy (non-hydrogen) atoms. The molecule has 7 nitrogen and oxygen atoms in total. The Hall–Kier alpha value is -1.96. The second-order valence-corrected chi connectivity index (χ2v) is 3.42. The van der Waals surface area contributed by atoms with Gasteiger partial charge in [0.25, 0.3) is 11.9 Å². The highest BCUT2D eigenvalue weighted by Gasteiger charge is 2.15. The van der Waals surface area contributed by atoms with Crippen molar-refractivity contribution in [3.05, 3.63) is 16.3 Å². The van der Waals surface area contributed by atoms with Gasteiger partial charge in [0.1, 0.15) is 10.6 Å². The van der Waals surface area contributed by atoms with Crippen molar-refractivity contribution in [2.24, 2.45) is 0 Å². The van der Waals surface area contributed by atoms with E-state index in [1.165, 1.54) is 18.4 Å². The maximum Gasteiger partial charge on any atom is 0.271 e. The number of aromatic amines is 1. The summed E-state index contributed by atoms with van der Waals surface area (Å²) in [4.78, 5) is 12.1. The third kappa shape index (κ3) is 1.94. The van der Waals surface area contributed by atoms with E-state index in [-0.39, 0.29) is 11.9 Å². The first kappa shape index (κ1) is 9.59. The van der Waals surface area contributed by atoms with Gasteiger partial charge in [0.2, 0.25) is 0 Å². The minimum Gasteiger partial charge on any atom is -0.495 e. The summed E-state index contributed by atoms with van der Waals surface area (Å²) in [6, 6.07) is 1.72. The van der Waals surface area contributed by atoms with Crippen LogP contribution in [0.1, 0.15) is 9.67 Å². The summed E-state index contributed by atoms with van der Waals surface area (Å²) in [5.74, 6) is 0.347. The number of tetrazole rings is 1. The molecule has 0 aromatic carbocycles. The van der Waals surface area contributed by atoms with Crippen LogP contribution in [0.2, 0.25) is 0 Å². The molecule has 2 N–H and O–H groups in total. The topological polar surface area (TPSA) is 92.8 Å². The van der Waals surface area contributed by atoms with Crippen molar-refractivity contribution in [3.8, 4) is 5.75 Å². The summed E-state index contributed by atoms with van der Waals surface area (Å²) >= 11 is 1.28. The molecule has 0 spiro atoms. The molecular weight excluding hydrogens is 218 g/mol. The Kier molecular flexibility index (Phi) is 2.59. The number of thiophene rings is 1. The van der Waals surface area contributed by atoms with Crippen molar-refractivity contribution >= 4 is 23.2 Å². The average Bonchev–Trinajstić information content (AvgIpc) is 2.86. The van der Waals surface area contributed by atoms with Crippen molar-refractivity contribution in [1.82, 2.24) is 20.6 Å². The molecule has 1 amide bonds. The first-order valence-corrected chi connectivity index (χ1v) is 4.85. The SMILES string of the molecule is COc1ccsc1C(=O)Nc1nn[nH]n1. The van der Waals surface area contributed by atoms with Gasteiger partial charge in [0.05, 0.1) is 7.11 Å². The van der Waals surface area contributed by atoms with E-state index in [1.54, 1.807) is 11.4 Å². The van der Waals surface area contributed by atoms with Gasteiger partial charge in [-0.2, -0.15) is 5.21 Å². The number of amides is 1. The van der Waals surface area contributed by atoms with Crippen molar-refractivity contribution in [2.45, 2.75) is 0 Å². The number of nitrogens with zero attached hydrogens (tertiary/aromatic N) is 3. The molecule has 0 saturated heterocycles. The molecule has 0 atom stereocenters. The van der Waals surface area contributed by atoms with E-state index in [0.29, 0.717) is 10.6 Å². The summed E-state index contributed by atoms with van der Waals surface area (Å²) < 4.78 is 5.01. The number of methoxy groups -OCH3 is 1. The number of nitrogens with one attached hydrogen (secondary N) is 2. The lowest BCUT2D eigenvalue weighted by Crippen LogP contribution is -2.12. The van der Waals surface area contributed by atoms with Crippen LogP contribution in [0.3, 0.4) is 0 Å². The number of carbonyl (C=O) groups is 1. The highest BCUT2D eigenvalue weighted by atomic mass is 32.1. The largest absolute Gasteiger partial charge is 0.495 e. The maximum absolute atomic E-state index is 11.7. The molecule has 0 bridgehead atoms. The average molecular weight is 225 g/mol. The molecule has 0 aliphatic rings. The fourth-order valence-electron chi connectivity index (χ4n) is 0.997. The van der Waals surface area contributed by atoms with E-state index in [0.717, 1.165) is 0 Å². The molecule has 2 rings (SSSR count). The molecule has 2 aromatic rings. The molecule has 2 aromatic heterocycles. The van der Waals surface area contributed by atoms with Crippen molar-refractivity contribution < 1.29 is 9.53 Å². The molecular formula is C7H7N5O2S. The Labute approximate surface area is 88.5 Å². The number of rotatable bonds is 3. The monoisotopic (exact) mass is 225 g/mol.